The van der Waals surface area contributed by atoms with Gasteiger partial charge in [-0.25, -0.2) is 4.79 Å². The van der Waals surface area contributed by atoms with Crippen LogP contribution in [0.15, 0.2) is 42.7 Å². The summed E-state index contributed by atoms with van der Waals surface area (Å²) in [6, 6.07) is 8.19. The molecule has 0 aliphatic carbocycles. The number of nitrogens with one attached hydrogen (secondary N) is 1. The molecule has 0 saturated heterocycles. The zero-order chi connectivity index (χ0) is 20.2. The first-order valence-corrected chi connectivity index (χ1v) is 8.38. The van der Waals surface area contributed by atoms with Gasteiger partial charge in [0.1, 0.15) is 6.61 Å². The summed E-state index contributed by atoms with van der Waals surface area (Å²) in [7, 11) is 0. The van der Waals surface area contributed by atoms with E-state index in [2.05, 4.69) is 22.1 Å². The van der Waals surface area contributed by atoms with Crippen LogP contribution in [0, 0.1) is 22.0 Å². The van der Waals surface area contributed by atoms with E-state index in [4.69, 9.17) is 14.6 Å². The lowest BCUT2D eigenvalue weighted by molar-refractivity contribution is -0.384. The minimum atomic E-state index is -1.09. The van der Waals surface area contributed by atoms with Gasteiger partial charge < -0.3 is 19.9 Å². The van der Waals surface area contributed by atoms with Crippen molar-refractivity contribution in [2.45, 2.75) is 0 Å². The van der Waals surface area contributed by atoms with Gasteiger partial charge in [0.25, 0.3) is 5.69 Å². The van der Waals surface area contributed by atoms with Gasteiger partial charge in [0, 0.05) is 36.1 Å². The van der Waals surface area contributed by atoms with Crippen LogP contribution in [-0.4, -0.2) is 54.1 Å². The molecule has 1 aromatic carbocycles. The molecule has 0 fully saturated rings. The standard InChI is InChI=1S/C19H19N3O6/c23-19(24)21-7-9-28-11-10-27-8-3-4-15-12-16(14-20-13-15)17-5-1-2-6-18(17)22(25)26/h1-2,5-6,12-14,21H,7-11H2,(H,23,24). The Morgan fingerprint density at radius 2 is 2.00 bits per heavy atom. The molecule has 1 amide bonds. The molecule has 0 bridgehead atoms. The molecule has 0 spiro atoms. The number of aromatic nitrogens is 1. The molecule has 9 nitrogen and oxygen atoms in total. The molecule has 9 heteroatoms. The Balaban J connectivity index is 1.81. The molecule has 2 N–H and O–H groups in total. The van der Waals surface area contributed by atoms with Gasteiger partial charge in [0.05, 0.1) is 30.3 Å². The highest BCUT2D eigenvalue weighted by molar-refractivity contribution is 5.73. The van der Waals surface area contributed by atoms with Crippen LogP contribution in [0.2, 0.25) is 0 Å². The van der Waals surface area contributed by atoms with Crippen molar-refractivity contribution in [3.8, 4) is 23.0 Å². The van der Waals surface area contributed by atoms with Crippen molar-refractivity contribution >= 4 is 11.8 Å². The Bertz CT molecular complexity index is 875. The summed E-state index contributed by atoms with van der Waals surface area (Å²) in [5, 5.41) is 21.7. The van der Waals surface area contributed by atoms with E-state index in [0.29, 0.717) is 29.9 Å². The highest BCUT2D eigenvalue weighted by Crippen LogP contribution is 2.29. The number of amides is 1. The van der Waals surface area contributed by atoms with E-state index in [1.54, 1.807) is 36.7 Å². The van der Waals surface area contributed by atoms with E-state index in [9.17, 15) is 14.9 Å². The van der Waals surface area contributed by atoms with Crippen molar-refractivity contribution in [2.75, 3.05) is 33.0 Å². The SMILES string of the molecule is O=C(O)NCCOCCOCC#Cc1cncc(-c2ccccc2[N+](=O)[O-])c1. The number of benzene rings is 1. The molecule has 0 radical (unpaired) electrons. The first-order chi connectivity index (χ1) is 13.6. The molecule has 0 aliphatic heterocycles. The Morgan fingerprint density at radius 3 is 2.79 bits per heavy atom. The number of ether oxygens (including phenoxy) is 2. The maximum absolute atomic E-state index is 11.2. The van der Waals surface area contributed by atoms with Crippen molar-refractivity contribution in [2.24, 2.45) is 0 Å². The molecule has 0 atom stereocenters. The summed E-state index contributed by atoms with van der Waals surface area (Å²) in [6.45, 7) is 1.34. The van der Waals surface area contributed by atoms with Crippen LogP contribution in [0.5, 0.6) is 0 Å². The van der Waals surface area contributed by atoms with Crippen molar-refractivity contribution in [3.05, 3.63) is 58.4 Å². The van der Waals surface area contributed by atoms with Gasteiger partial charge in [-0.3, -0.25) is 15.1 Å². The first-order valence-electron chi connectivity index (χ1n) is 8.38. The lowest BCUT2D eigenvalue weighted by atomic mass is 10.0. The second kappa shape index (κ2) is 11.3. The van der Waals surface area contributed by atoms with Crippen LogP contribution in [0.4, 0.5) is 10.5 Å². The van der Waals surface area contributed by atoms with E-state index in [1.807, 2.05) is 0 Å². The molecule has 1 aromatic heterocycles. The number of nitrogens with zero attached hydrogens (tertiary/aromatic N) is 2. The van der Waals surface area contributed by atoms with Crippen LogP contribution < -0.4 is 5.32 Å². The molecule has 0 saturated carbocycles. The number of carboxylic acid groups (broad SMARTS) is 1. The van der Waals surface area contributed by atoms with E-state index >= 15 is 0 Å². The Morgan fingerprint density at radius 1 is 1.21 bits per heavy atom. The number of hydrogen-bond donors (Lipinski definition) is 2. The van der Waals surface area contributed by atoms with Crippen LogP contribution in [0.3, 0.4) is 0 Å². The molecular formula is C19H19N3O6. The molecule has 28 heavy (non-hydrogen) atoms. The fourth-order valence-electron chi connectivity index (χ4n) is 2.24. The maximum atomic E-state index is 11.2. The van der Waals surface area contributed by atoms with Crippen LogP contribution in [0.1, 0.15) is 5.56 Å². The van der Waals surface area contributed by atoms with Crippen molar-refractivity contribution in [3.63, 3.8) is 0 Å². The molecular weight excluding hydrogens is 366 g/mol. The summed E-state index contributed by atoms with van der Waals surface area (Å²) in [5.74, 6) is 5.75. The van der Waals surface area contributed by atoms with Gasteiger partial charge in [-0.1, -0.05) is 24.0 Å². The smallest absolute Gasteiger partial charge is 0.404 e. The van der Waals surface area contributed by atoms with Gasteiger partial charge in [-0.15, -0.1) is 0 Å². The fraction of sp³-hybridized carbons (Fsp3) is 0.263. The van der Waals surface area contributed by atoms with Crippen molar-refractivity contribution in [1.82, 2.24) is 10.3 Å². The molecule has 1 heterocycles. The van der Waals surface area contributed by atoms with Gasteiger partial charge in [0.2, 0.25) is 0 Å². The van der Waals surface area contributed by atoms with Crippen LogP contribution in [-0.2, 0) is 9.47 Å². The zero-order valence-corrected chi connectivity index (χ0v) is 15.0. The zero-order valence-electron chi connectivity index (χ0n) is 15.0. The van der Waals surface area contributed by atoms with Gasteiger partial charge in [0.15, 0.2) is 0 Å². The summed E-state index contributed by atoms with van der Waals surface area (Å²) in [5.41, 5.74) is 1.73. The largest absolute Gasteiger partial charge is 0.465 e. The predicted molar refractivity (Wildman–Crippen MR) is 101 cm³/mol. The Kier molecular flexibility index (Phi) is 8.39. The highest BCUT2D eigenvalue weighted by Gasteiger charge is 2.14. The maximum Gasteiger partial charge on any atom is 0.404 e. The van der Waals surface area contributed by atoms with E-state index in [0.717, 1.165) is 0 Å². The average Bonchev–Trinajstić information content (AvgIpc) is 2.69. The van der Waals surface area contributed by atoms with Crippen LogP contribution in [0.25, 0.3) is 11.1 Å². The third-order valence-electron chi connectivity index (χ3n) is 3.45. The quantitative estimate of drug-likeness (QED) is 0.294. The van der Waals surface area contributed by atoms with Gasteiger partial charge in [-0.05, 0) is 12.1 Å². The molecule has 0 unspecified atom stereocenters. The minimum absolute atomic E-state index is 0.0105. The highest BCUT2D eigenvalue weighted by atomic mass is 16.6. The lowest BCUT2D eigenvalue weighted by Gasteiger charge is -2.04. The van der Waals surface area contributed by atoms with Gasteiger partial charge >= 0.3 is 6.09 Å². The summed E-state index contributed by atoms with van der Waals surface area (Å²) in [6.07, 6.45) is 2.04. The predicted octanol–water partition coefficient (Wildman–Crippen LogP) is 2.31. The third-order valence-corrected chi connectivity index (χ3v) is 3.45. The van der Waals surface area contributed by atoms with Crippen LogP contribution >= 0.6 is 0 Å². The van der Waals surface area contributed by atoms with Gasteiger partial charge in [-0.2, -0.15) is 0 Å². The minimum Gasteiger partial charge on any atom is -0.465 e. The number of pyridine rings is 1. The summed E-state index contributed by atoms with van der Waals surface area (Å²) >= 11 is 0. The number of carbonyl (C=O) groups is 1. The molecule has 2 aromatic rings. The van der Waals surface area contributed by atoms with E-state index < -0.39 is 11.0 Å². The second-order valence-electron chi connectivity index (χ2n) is 5.44. The first kappa shape index (κ1) is 20.8. The number of para-hydroxylation sites is 1. The Hall–Kier alpha value is -3.48. The average molecular weight is 385 g/mol. The Labute approximate surface area is 161 Å². The lowest BCUT2D eigenvalue weighted by Crippen LogP contribution is -2.25. The fourth-order valence-corrected chi connectivity index (χ4v) is 2.24. The number of rotatable bonds is 9. The number of hydrogen-bond acceptors (Lipinski definition) is 6. The summed E-state index contributed by atoms with van der Waals surface area (Å²) < 4.78 is 10.5. The topological polar surface area (TPSA) is 124 Å². The normalized spacial score (nSPS) is 10.0. The molecule has 2 rings (SSSR count). The molecule has 146 valence electrons. The second-order valence-corrected chi connectivity index (χ2v) is 5.44. The monoisotopic (exact) mass is 385 g/mol. The van der Waals surface area contributed by atoms with Crippen molar-refractivity contribution in [1.29, 1.82) is 0 Å². The third kappa shape index (κ3) is 7.03. The van der Waals surface area contributed by atoms with Crippen molar-refractivity contribution < 1.29 is 24.3 Å². The summed E-state index contributed by atoms with van der Waals surface area (Å²) in [4.78, 5) is 25.1. The number of nitro groups is 1. The molecule has 0 aliphatic rings. The number of nitro benzene ring substituents is 1. The van der Waals surface area contributed by atoms with E-state index in [1.165, 1.54) is 6.07 Å². The van der Waals surface area contributed by atoms with E-state index in [-0.39, 0.29) is 25.4 Å².